The number of fused-ring (bicyclic) bond motifs is 1. The third kappa shape index (κ3) is 6.60. The van der Waals surface area contributed by atoms with Crippen molar-refractivity contribution in [2.24, 2.45) is 0 Å². The number of para-hydroxylation sites is 1. The summed E-state index contributed by atoms with van der Waals surface area (Å²) in [6, 6.07) is 21.4. The van der Waals surface area contributed by atoms with Crippen molar-refractivity contribution in [3.05, 3.63) is 102 Å². The van der Waals surface area contributed by atoms with E-state index in [1.54, 1.807) is 4.90 Å². The first-order chi connectivity index (χ1) is 18.8. The van der Waals surface area contributed by atoms with Crippen molar-refractivity contribution >= 4 is 28.5 Å². The van der Waals surface area contributed by atoms with E-state index in [1.807, 2.05) is 60.8 Å². The average Bonchev–Trinajstić information content (AvgIpc) is 3.69. The van der Waals surface area contributed by atoms with Crippen molar-refractivity contribution < 1.29 is 22.8 Å². The fourth-order valence-corrected chi connectivity index (χ4v) is 4.63. The Kier molecular flexibility index (Phi) is 7.58. The molecule has 3 amide bonds. The molecule has 5 rings (SSSR count). The van der Waals surface area contributed by atoms with Crippen molar-refractivity contribution in [3.63, 3.8) is 0 Å². The van der Waals surface area contributed by atoms with Crippen LogP contribution in [0.5, 0.6) is 0 Å². The number of aromatic amines is 1. The number of benzene rings is 3. The fourth-order valence-electron chi connectivity index (χ4n) is 4.63. The predicted molar refractivity (Wildman–Crippen MR) is 144 cm³/mol. The van der Waals surface area contributed by atoms with E-state index in [0.717, 1.165) is 47.0 Å². The quantitative estimate of drug-likeness (QED) is 0.259. The molecule has 202 valence electrons. The van der Waals surface area contributed by atoms with Crippen molar-refractivity contribution in [2.45, 2.75) is 38.0 Å². The minimum Gasteiger partial charge on any atom is -0.361 e. The van der Waals surface area contributed by atoms with Crippen LogP contribution in [0.3, 0.4) is 0 Å². The number of aromatic nitrogens is 1. The predicted octanol–water partition coefficient (Wildman–Crippen LogP) is 6.45. The molecule has 0 bridgehead atoms. The Morgan fingerprint density at radius 1 is 0.923 bits per heavy atom. The molecular weight excluding hydrogens is 505 g/mol. The van der Waals surface area contributed by atoms with Gasteiger partial charge in [0.05, 0.1) is 5.56 Å². The van der Waals surface area contributed by atoms with Gasteiger partial charge in [0.15, 0.2) is 0 Å². The maximum absolute atomic E-state index is 13.6. The number of carbonyl (C=O) groups is 2. The lowest BCUT2D eigenvalue weighted by Gasteiger charge is -2.28. The Balaban J connectivity index is 1.29. The molecule has 0 saturated heterocycles. The Morgan fingerprint density at radius 2 is 1.62 bits per heavy atom. The molecule has 1 aliphatic carbocycles. The van der Waals surface area contributed by atoms with Crippen LogP contribution in [-0.2, 0) is 23.9 Å². The van der Waals surface area contributed by atoms with Gasteiger partial charge in [0.25, 0.3) is 0 Å². The summed E-state index contributed by atoms with van der Waals surface area (Å²) in [6.07, 6.45) is -0.291. The molecule has 2 N–H and O–H groups in total. The highest BCUT2D eigenvalue weighted by Gasteiger charge is 2.35. The van der Waals surface area contributed by atoms with Gasteiger partial charge >= 0.3 is 12.2 Å². The average molecular weight is 535 g/mol. The van der Waals surface area contributed by atoms with E-state index in [2.05, 4.69) is 10.3 Å². The summed E-state index contributed by atoms with van der Waals surface area (Å²) >= 11 is 0. The Morgan fingerprint density at radius 3 is 2.31 bits per heavy atom. The number of hydrogen-bond donors (Lipinski definition) is 2. The molecule has 0 unspecified atom stereocenters. The Labute approximate surface area is 224 Å². The summed E-state index contributed by atoms with van der Waals surface area (Å²) in [4.78, 5) is 33.2. The standard InChI is InChI=1S/C30H29F3N4O2/c31-30(32,33)23-10-12-24(13-11-23)35-29(39)37(25-14-15-25)20-28(38)36(19-21-6-2-1-3-7-21)17-16-22-18-34-27-9-5-4-8-26(22)27/h1-13,18,25,34H,14-17,19-20H2,(H,35,39). The number of carbonyl (C=O) groups excluding carboxylic acids is 2. The number of alkyl halides is 3. The van der Waals surface area contributed by atoms with Gasteiger partial charge in [0.1, 0.15) is 6.54 Å². The molecule has 0 aliphatic heterocycles. The highest BCUT2D eigenvalue weighted by Crippen LogP contribution is 2.31. The normalized spacial score (nSPS) is 13.3. The summed E-state index contributed by atoms with van der Waals surface area (Å²) in [5, 5.41) is 3.77. The van der Waals surface area contributed by atoms with Crippen LogP contribution < -0.4 is 5.32 Å². The lowest BCUT2D eigenvalue weighted by atomic mass is 10.1. The number of H-pyrrole nitrogens is 1. The van der Waals surface area contributed by atoms with E-state index in [-0.39, 0.29) is 24.2 Å². The van der Waals surface area contributed by atoms with Gasteiger partial charge in [-0.3, -0.25) is 4.79 Å². The number of urea groups is 1. The molecule has 1 aromatic heterocycles. The second-order valence-electron chi connectivity index (χ2n) is 9.77. The first-order valence-electron chi connectivity index (χ1n) is 12.9. The monoisotopic (exact) mass is 534 g/mol. The van der Waals surface area contributed by atoms with Crippen LogP contribution in [0.4, 0.5) is 23.7 Å². The summed E-state index contributed by atoms with van der Waals surface area (Å²) in [5.41, 5.74) is 2.58. The third-order valence-electron chi connectivity index (χ3n) is 6.91. The first-order valence-corrected chi connectivity index (χ1v) is 12.9. The fraction of sp³-hybridized carbons (Fsp3) is 0.267. The van der Waals surface area contributed by atoms with Gasteiger partial charge in [-0.05, 0) is 60.7 Å². The van der Waals surface area contributed by atoms with E-state index in [4.69, 9.17) is 0 Å². The van der Waals surface area contributed by atoms with Gasteiger partial charge in [0, 0.05) is 41.9 Å². The number of rotatable bonds is 9. The van der Waals surface area contributed by atoms with E-state index in [9.17, 15) is 22.8 Å². The zero-order valence-corrected chi connectivity index (χ0v) is 21.2. The Bertz CT molecular complexity index is 1430. The van der Waals surface area contributed by atoms with Gasteiger partial charge < -0.3 is 20.1 Å². The maximum Gasteiger partial charge on any atom is 0.416 e. The van der Waals surface area contributed by atoms with Gasteiger partial charge in [-0.1, -0.05) is 48.5 Å². The lowest BCUT2D eigenvalue weighted by Crippen LogP contribution is -2.45. The smallest absolute Gasteiger partial charge is 0.361 e. The van der Waals surface area contributed by atoms with Crippen LogP contribution in [0.15, 0.2) is 85.1 Å². The highest BCUT2D eigenvalue weighted by molar-refractivity contribution is 5.93. The molecule has 1 saturated carbocycles. The van der Waals surface area contributed by atoms with Gasteiger partial charge in [-0.2, -0.15) is 13.2 Å². The molecule has 1 aliphatic rings. The van der Waals surface area contributed by atoms with Crippen LogP contribution in [0.25, 0.3) is 10.9 Å². The van der Waals surface area contributed by atoms with Gasteiger partial charge in [0.2, 0.25) is 5.91 Å². The van der Waals surface area contributed by atoms with Crippen LogP contribution in [0.2, 0.25) is 0 Å². The number of amides is 3. The van der Waals surface area contributed by atoms with Crippen LogP contribution in [0.1, 0.15) is 29.5 Å². The molecular formula is C30H29F3N4O2. The minimum atomic E-state index is -4.45. The summed E-state index contributed by atoms with van der Waals surface area (Å²) in [5.74, 6) is -0.187. The molecule has 0 radical (unpaired) electrons. The molecule has 9 heteroatoms. The molecule has 6 nitrogen and oxygen atoms in total. The second-order valence-corrected chi connectivity index (χ2v) is 9.77. The molecule has 3 aromatic carbocycles. The van der Waals surface area contributed by atoms with Gasteiger partial charge in [-0.25, -0.2) is 4.79 Å². The zero-order valence-electron chi connectivity index (χ0n) is 21.2. The van der Waals surface area contributed by atoms with Crippen LogP contribution >= 0.6 is 0 Å². The van der Waals surface area contributed by atoms with Crippen LogP contribution in [-0.4, -0.2) is 45.9 Å². The number of nitrogens with one attached hydrogen (secondary N) is 2. The highest BCUT2D eigenvalue weighted by atomic mass is 19.4. The lowest BCUT2D eigenvalue weighted by molar-refractivity contribution is -0.137. The molecule has 1 heterocycles. The van der Waals surface area contributed by atoms with E-state index in [0.29, 0.717) is 19.5 Å². The molecule has 0 atom stereocenters. The number of hydrogen-bond acceptors (Lipinski definition) is 2. The van der Waals surface area contributed by atoms with Crippen molar-refractivity contribution in [1.82, 2.24) is 14.8 Å². The molecule has 1 fully saturated rings. The number of anilines is 1. The minimum absolute atomic E-state index is 0.0735. The summed E-state index contributed by atoms with van der Waals surface area (Å²) in [6.45, 7) is 0.757. The number of nitrogens with zero attached hydrogens (tertiary/aromatic N) is 2. The SMILES string of the molecule is O=C(CN(C(=O)Nc1ccc(C(F)(F)F)cc1)C1CC1)N(CCc1c[nH]c2ccccc12)Cc1ccccc1. The van der Waals surface area contributed by atoms with Crippen molar-refractivity contribution in [1.29, 1.82) is 0 Å². The second kappa shape index (κ2) is 11.2. The Hall–Kier alpha value is -4.27. The summed E-state index contributed by atoms with van der Waals surface area (Å²) in [7, 11) is 0. The molecule has 0 spiro atoms. The van der Waals surface area contributed by atoms with Crippen molar-refractivity contribution in [3.8, 4) is 0 Å². The van der Waals surface area contributed by atoms with E-state index < -0.39 is 17.8 Å². The van der Waals surface area contributed by atoms with Gasteiger partial charge in [-0.15, -0.1) is 0 Å². The summed E-state index contributed by atoms with van der Waals surface area (Å²) < 4.78 is 38.7. The topological polar surface area (TPSA) is 68.4 Å². The van der Waals surface area contributed by atoms with E-state index in [1.165, 1.54) is 17.0 Å². The first kappa shape index (κ1) is 26.3. The molecule has 4 aromatic rings. The molecule has 39 heavy (non-hydrogen) atoms. The third-order valence-corrected chi connectivity index (χ3v) is 6.91. The maximum atomic E-state index is 13.6. The van der Waals surface area contributed by atoms with E-state index >= 15 is 0 Å². The zero-order chi connectivity index (χ0) is 27.4. The largest absolute Gasteiger partial charge is 0.416 e. The van der Waals surface area contributed by atoms with Crippen molar-refractivity contribution in [2.75, 3.05) is 18.4 Å². The number of halogens is 3. The van der Waals surface area contributed by atoms with Crippen LogP contribution in [0, 0.1) is 0 Å².